The van der Waals surface area contributed by atoms with Crippen LogP contribution >= 0.6 is 47.0 Å². The van der Waals surface area contributed by atoms with E-state index in [1.807, 2.05) is 47.0 Å². The molecule has 8 heteroatoms. The van der Waals surface area contributed by atoms with Crippen molar-refractivity contribution in [2.45, 2.75) is 28.4 Å². The fourth-order valence-electron chi connectivity index (χ4n) is 1.30. The molecule has 128 valence electrons. The SMILES string of the molecule is OCCCSC(SCCCO)(SCCCO)SCCCO. The van der Waals surface area contributed by atoms with E-state index >= 15 is 0 Å². The summed E-state index contributed by atoms with van der Waals surface area (Å²) in [4.78, 5) is 0. The number of hydrogen-bond acceptors (Lipinski definition) is 8. The predicted molar refractivity (Wildman–Crippen MR) is 99.4 cm³/mol. The van der Waals surface area contributed by atoms with Crippen LogP contribution in [-0.4, -0.2) is 72.6 Å². The molecule has 0 saturated heterocycles. The Hall–Kier alpha value is 1.24. The van der Waals surface area contributed by atoms with Gasteiger partial charge in [-0.05, 0) is 48.7 Å². The first-order chi connectivity index (χ1) is 10.2. The summed E-state index contributed by atoms with van der Waals surface area (Å²) in [6.45, 7) is 0.806. The highest BCUT2D eigenvalue weighted by Crippen LogP contribution is 2.55. The van der Waals surface area contributed by atoms with Crippen molar-refractivity contribution >= 4 is 47.0 Å². The molecule has 0 spiro atoms. The van der Waals surface area contributed by atoms with Crippen LogP contribution in [0.3, 0.4) is 0 Å². The smallest absolute Gasteiger partial charge is 0.153 e. The van der Waals surface area contributed by atoms with Crippen LogP contribution in [0.5, 0.6) is 0 Å². The van der Waals surface area contributed by atoms with E-state index in [4.69, 9.17) is 20.4 Å². The molecule has 0 aromatic rings. The molecule has 0 unspecified atom stereocenters. The summed E-state index contributed by atoms with van der Waals surface area (Å²) in [6.07, 6.45) is 3.09. The van der Waals surface area contributed by atoms with E-state index in [2.05, 4.69) is 0 Å². The number of aliphatic hydroxyl groups excluding tert-OH is 4. The molecule has 0 aliphatic rings. The van der Waals surface area contributed by atoms with Gasteiger partial charge in [-0.2, -0.15) is 0 Å². The van der Waals surface area contributed by atoms with Crippen molar-refractivity contribution in [1.82, 2.24) is 0 Å². The van der Waals surface area contributed by atoms with Gasteiger partial charge < -0.3 is 20.4 Å². The highest BCUT2D eigenvalue weighted by atomic mass is 32.3. The van der Waals surface area contributed by atoms with Gasteiger partial charge in [0.2, 0.25) is 0 Å². The third-order valence-corrected chi connectivity index (χ3v) is 9.95. The summed E-state index contributed by atoms with van der Waals surface area (Å²) in [5.41, 5.74) is 0. The van der Waals surface area contributed by atoms with E-state index in [1.54, 1.807) is 0 Å². The molecule has 0 rings (SSSR count). The Morgan fingerprint density at radius 2 is 0.714 bits per heavy atom. The van der Waals surface area contributed by atoms with Crippen LogP contribution < -0.4 is 0 Å². The van der Waals surface area contributed by atoms with Gasteiger partial charge in [0.05, 0.1) is 0 Å². The molecular weight excluding hydrogens is 348 g/mol. The Morgan fingerprint density at radius 3 is 0.905 bits per heavy atom. The summed E-state index contributed by atoms with van der Waals surface area (Å²) in [5, 5.41) is 35.9. The topological polar surface area (TPSA) is 80.9 Å². The van der Waals surface area contributed by atoms with Crippen LogP contribution in [0.4, 0.5) is 0 Å². The predicted octanol–water partition coefficient (Wildman–Crippen LogP) is 2.06. The first-order valence-electron chi connectivity index (χ1n) is 7.24. The Kier molecular flexibility index (Phi) is 17.1. The van der Waals surface area contributed by atoms with Crippen molar-refractivity contribution in [3.8, 4) is 0 Å². The lowest BCUT2D eigenvalue weighted by molar-refractivity contribution is 0.296. The minimum Gasteiger partial charge on any atom is -0.396 e. The van der Waals surface area contributed by atoms with Crippen molar-refractivity contribution in [1.29, 1.82) is 0 Å². The molecule has 0 aromatic carbocycles. The van der Waals surface area contributed by atoms with Crippen molar-refractivity contribution < 1.29 is 20.4 Å². The van der Waals surface area contributed by atoms with Crippen LogP contribution in [0.25, 0.3) is 0 Å². The molecule has 21 heavy (non-hydrogen) atoms. The second-order valence-corrected chi connectivity index (χ2v) is 11.0. The molecule has 4 N–H and O–H groups in total. The zero-order valence-electron chi connectivity index (χ0n) is 12.4. The lowest BCUT2D eigenvalue weighted by Gasteiger charge is -2.31. The van der Waals surface area contributed by atoms with E-state index in [0.717, 1.165) is 48.7 Å². The molecule has 0 bridgehead atoms. The van der Waals surface area contributed by atoms with Crippen LogP contribution in [0, 0.1) is 0 Å². The van der Waals surface area contributed by atoms with E-state index in [1.165, 1.54) is 0 Å². The van der Waals surface area contributed by atoms with Gasteiger partial charge in [-0.1, -0.05) is 0 Å². The van der Waals surface area contributed by atoms with E-state index in [-0.39, 0.29) is 29.2 Å². The van der Waals surface area contributed by atoms with Gasteiger partial charge >= 0.3 is 0 Å². The zero-order chi connectivity index (χ0) is 15.8. The summed E-state index contributed by atoms with van der Waals surface area (Å²) in [6, 6.07) is 0. The van der Waals surface area contributed by atoms with Crippen LogP contribution in [0.15, 0.2) is 0 Å². The van der Waals surface area contributed by atoms with Gasteiger partial charge in [0, 0.05) is 26.4 Å². The molecule has 0 amide bonds. The summed E-state index contributed by atoms with van der Waals surface area (Å²) >= 11 is 7.32. The highest BCUT2D eigenvalue weighted by Gasteiger charge is 2.31. The van der Waals surface area contributed by atoms with Gasteiger partial charge in [-0.15, -0.1) is 47.0 Å². The van der Waals surface area contributed by atoms with Crippen molar-refractivity contribution in [3.05, 3.63) is 0 Å². The largest absolute Gasteiger partial charge is 0.396 e. The third kappa shape index (κ3) is 12.3. The Morgan fingerprint density at radius 1 is 0.476 bits per heavy atom. The second kappa shape index (κ2) is 16.1. The third-order valence-electron chi connectivity index (χ3n) is 2.33. The maximum absolute atomic E-state index is 8.97. The zero-order valence-corrected chi connectivity index (χ0v) is 15.7. The van der Waals surface area contributed by atoms with Crippen molar-refractivity contribution in [2.75, 3.05) is 49.4 Å². The monoisotopic (exact) mass is 376 g/mol. The standard InChI is InChI=1S/C13H28O4S4/c14-5-1-9-18-13(19-10-2-6-15,20-11-3-7-16)21-12-4-8-17/h14-17H,1-12H2. The Bertz CT molecular complexity index is 177. The van der Waals surface area contributed by atoms with Crippen LogP contribution in [0.1, 0.15) is 25.7 Å². The lowest BCUT2D eigenvalue weighted by Crippen LogP contribution is -2.15. The molecule has 0 radical (unpaired) electrons. The minimum absolute atomic E-state index is 0.0747. The molecule has 4 nitrogen and oxygen atoms in total. The first-order valence-corrected chi connectivity index (χ1v) is 11.2. The molecular formula is C13H28O4S4. The summed E-state index contributed by atoms with van der Waals surface area (Å²) in [5.74, 6) is 3.56. The number of hydrogen-bond donors (Lipinski definition) is 4. The second-order valence-electron chi connectivity index (χ2n) is 4.20. The average molecular weight is 377 g/mol. The fourth-order valence-corrected chi connectivity index (χ4v) is 8.39. The van der Waals surface area contributed by atoms with Gasteiger partial charge in [-0.25, -0.2) is 0 Å². The molecule has 0 fully saturated rings. The maximum atomic E-state index is 8.97. The van der Waals surface area contributed by atoms with E-state index < -0.39 is 0 Å². The average Bonchev–Trinajstić information content (AvgIpc) is 2.48. The quantitative estimate of drug-likeness (QED) is 0.241. The molecule has 0 saturated carbocycles. The lowest BCUT2D eigenvalue weighted by atomic mass is 10.5. The number of thioether (sulfide) groups is 4. The Balaban J connectivity index is 4.52. The van der Waals surface area contributed by atoms with E-state index in [0.29, 0.717) is 0 Å². The maximum Gasteiger partial charge on any atom is 0.153 e. The molecule has 0 aromatic heterocycles. The van der Waals surface area contributed by atoms with Crippen molar-refractivity contribution in [3.63, 3.8) is 0 Å². The molecule has 0 heterocycles. The molecule has 0 atom stereocenters. The number of aliphatic hydroxyl groups is 4. The van der Waals surface area contributed by atoms with Gasteiger partial charge in [0.25, 0.3) is 0 Å². The van der Waals surface area contributed by atoms with Crippen LogP contribution in [-0.2, 0) is 0 Å². The summed E-state index contributed by atoms with van der Waals surface area (Å²) < 4.78 is -0.0747. The number of rotatable bonds is 16. The molecule has 0 aliphatic carbocycles. The molecule has 0 aliphatic heterocycles. The minimum atomic E-state index is -0.0747. The van der Waals surface area contributed by atoms with Gasteiger partial charge in [0.1, 0.15) is 0 Å². The first kappa shape index (κ1) is 22.2. The summed E-state index contributed by atoms with van der Waals surface area (Å²) in [7, 11) is 0. The normalized spacial score (nSPS) is 12.0. The van der Waals surface area contributed by atoms with Gasteiger partial charge in [0.15, 0.2) is 2.74 Å². The van der Waals surface area contributed by atoms with Gasteiger partial charge in [-0.3, -0.25) is 0 Å². The van der Waals surface area contributed by atoms with E-state index in [9.17, 15) is 0 Å². The fraction of sp³-hybridized carbons (Fsp3) is 1.00. The van der Waals surface area contributed by atoms with Crippen molar-refractivity contribution in [2.24, 2.45) is 0 Å². The van der Waals surface area contributed by atoms with Crippen LogP contribution in [0.2, 0.25) is 0 Å². The highest BCUT2D eigenvalue weighted by molar-refractivity contribution is 8.47. The Labute approximate surface area is 145 Å².